The fourth-order valence-corrected chi connectivity index (χ4v) is 3.19. The molecule has 92 valence electrons. The van der Waals surface area contributed by atoms with Gasteiger partial charge >= 0.3 is 5.69 Å². The van der Waals surface area contributed by atoms with E-state index in [2.05, 4.69) is 4.98 Å². The molecule has 1 heterocycles. The number of nitrogens with two attached hydrogens (primary N) is 1. The first-order valence-corrected chi connectivity index (χ1v) is 6.80. The molecule has 0 saturated carbocycles. The number of hydrogen-bond acceptors (Lipinski definition) is 4. The number of hydrogen-bond donors (Lipinski definition) is 2. The second kappa shape index (κ2) is 3.92. The summed E-state index contributed by atoms with van der Waals surface area (Å²) in [7, 11) is -3.61. The summed E-state index contributed by atoms with van der Waals surface area (Å²) in [5.74, 6) is -0.0652. The predicted molar refractivity (Wildman–Crippen MR) is 66.4 cm³/mol. The van der Waals surface area contributed by atoms with E-state index in [-0.39, 0.29) is 5.75 Å². The highest BCUT2D eigenvalue weighted by Crippen LogP contribution is 2.15. The highest BCUT2D eigenvalue weighted by atomic mass is 32.2. The van der Waals surface area contributed by atoms with Gasteiger partial charge in [-0.3, -0.25) is 0 Å². The monoisotopic (exact) mass is 255 g/mol. The molecule has 1 aromatic carbocycles. The van der Waals surface area contributed by atoms with Crippen LogP contribution in [0.2, 0.25) is 0 Å². The Labute approximate surface area is 98.1 Å². The minimum absolute atomic E-state index is 0.0652. The number of benzene rings is 1. The smallest absolute Gasteiger partial charge is 0.340 e. The summed E-state index contributed by atoms with van der Waals surface area (Å²) >= 11 is 0. The summed E-state index contributed by atoms with van der Waals surface area (Å²) in [5.41, 5.74) is 6.14. The number of H-pyrrole nitrogens is 1. The molecule has 0 aliphatic heterocycles. The van der Waals surface area contributed by atoms with Gasteiger partial charge in [-0.1, -0.05) is 6.92 Å². The molecule has 7 heteroatoms. The molecule has 0 fully saturated rings. The Morgan fingerprint density at radius 1 is 1.41 bits per heavy atom. The van der Waals surface area contributed by atoms with E-state index in [1.165, 1.54) is 12.1 Å². The molecule has 0 bridgehead atoms. The zero-order valence-electron chi connectivity index (χ0n) is 9.30. The van der Waals surface area contributed by atoms with Gasteiger partial charge in [-0.05, 0) is 24.6 Å². The van der Waals surface area contributed by atoms with Crippen LogP contribution in [0.1, 0.15) is 13.3 Å². The topological polar surface area (TPSA) is 98.0 Å². The summed E-state index contributed by atoms with van der Waals surface area (Å²) in [6, 6.07) is 4.62. The van der Waals surface area contributed by atoms with Gasteiger partial charge in [0, 0.05) is 5.69 Å². The third-order valence-corrected chi connectivity index (χ3v) is 4.25. The van der Waals surface area contributed by atoms with Gasteiger partial charge in [-0.25, -0.2) is 13.2 Å². The molecule has 1 aromatic heterocycles. The SMILES string of the molecule is CCCS(=O)(=O)n1c(=O)[nH]c2cc(N)ccc21. The first-order valence-electron chi connectivity index (χ1n) is 5.19. The normalized spacial score (nSPS) is 12.1. The lowest BCUT2D eigenvalue weighted by atomic mass is 10.3. The van der Waals surface area contributed by atoms with Gasteiger partial charge < -0.3 is 10.7 Å². The Kier molecular flexibility index (Phi) is 2.70. The maximum atomic E-state index is 11.9. The minimum atomic E-state index is -3.61. The molecule has 0 aliphatic rings. The van der Waals surface area contributed by atoms with Gasteiger partial charge in [0.1, 0.15) is 0 Å². The molecular formula is C10H13N3O3S. The number of aromatic nitrogens is 2. The Bertz CT molecular complexity index is 712. The van der Waals surface area contributed by atoms with E-state index in [1.807, 2.05) is 0 Å². The molecule has 0 saturated heterocycles. The number of fused-ring (bicyclic) bond motifs is 1. The van der Waals surface area contributed by atoms with Crippen LogP contribution in [-0.4, -0.2) is 23.1 Å². The van der Waals surface area contributed by atoms with Gasteiger partial charge in [0.2, 0.25) is 10.0 Å². The molecular weight excluding hydrogens is 242 g/mol. The predicted octanol–water partition coefficient (Wildman–Crippen LogP) is 0.500. The van der Waals surface area contributed by atoms with Crippen LogP contribution in [0.3, 0.4) is 0 Å². The van der Waals surface area contributed by atoms with E-state index in [9.17, 15) is 13.2 Å². The summed E-state index contributed by atoms with van der Waals surface area (Å²) in [4.78, 5) is 14.1. The van der Waals surface area contributed by atoms with Crippen molar-refractivity contribution in [1.29, 1.82) is 0 Å². The fraction of sp³-hybridized carbons (Fsp3) is 0.300. The van der Waals surface area contributed by atoms with Gasteiger partial charge in [-0.2, -0.15) is 3.97 Å². The van der Waals surface area contributed by atoms with Crippen LogP contribution in [0.5, 0.6) is 0 Å². The molecule has 0 unspecified atom stereocenters. The number of anilines is 1. The molecule has 6 nitrogen and oxygen atoms in total. The molecule has 0 amide bonds. The Morgan fingerprint density at radius 3 is 2.76 bits per heavy atom. The van der Waals surface area contributed by atoms with Crippen LogP contribution in [0.15, 0.2) is 23.0 Å². The first-order chi connectivity index (χ1) is 7.95. The quantitative estimate of drug-likeness (QED) is 0.780. The van der Waals surface area contributed by atoms with Crippen LogP contribution in [0.25, 0.3) is 11.0 Å². The highest BCUT2D eigenvalue weighted by molar-refractivity contribution is 7.90. The lowest BCUT2D eigenvalue weighted by molar-refractivity contribution is 0.586. The van der Waals surface area contributed by atoms with Gasteiger partial charge in [0.25, 0.3) is 0 Å². The van der Waals surface area contributed by atoms with E-state index in [0.717, 1.165) is 3.97 Å². The van der Waals surface area contributed by atoms with Gasteiger partial charge in [0.05, 0.1) is 16.8 Å². The van der Waals surface area contributed by atoms with Crippen molar-refractivity contribution >= 4 is 26.7 Å². The fourth-order valence-electron chi connectivity index (χ4n) is 1.73. The Morgan fingerprint density at radius 2 is 2.12 bits per heavy atom. The van der Waals surface area contributed by atoms with Crippen molar-refractivity contribution in [1.82, 2.24) is 8.96 Å². The minimum Gasteiger partial charge on any atom is -0.399 e. The highest BCUT2D eigenvalue weighted by Gasteiger charge is 2.18. The van der Waals surface area contributed by atoms with Crippen LogP contribution in [-0.2, 0) is 10.0 Å². The lowest BCUT2D eigenvalue weighted by Crippen LogP contribution is -2.26. The van der Waals surface area contributed by atoms with E-state index in [0.29, 0.717) is 23.1 Å². The summed E-state index contributed by atoms with van der Waals surface area (Å²) in [6.45, 7) is 1.75. The molecule has 3 N–H and O–H groups in total. The number of aromatic amines is 1. The summed E-state index contributed by atoms with van der Waals surface area (Å²) in [5, 5.41) is 0. The zero-order chi connectivity index (χ0) is 12.6. The molecule has 17 heavy (non-hydrogen) atoms. The van der Waals surface area contributed by atoms with Crippen molar-refractivity contribution in [2.75, 3.05) is 11.5 Å². The number of nitrogens with one attached hydrogen (secondary N) is 1. The molecule has 0 radical (unpaired) electrons. The third kappa shape index (κ3) is 1.93. The van der Waals surface area contributed by atoms with Crippen molar-refractivity contribution in [3.05, 3.63) is 28.7 Å². The van der Waals surface area contributed by atoms with Crippen molar-refractivity contribution in [2.45, 2.75) is 13.3 Å². The van der Waals surface area contributed by atoms with Crippen LogP contribution >= 0.6 is 0 Å². The number of rotatable bonds is 3. The number of imidazole rings is 1. The van der Waals surface area contributed by atoms with E-state index in [4.69, 9.17) is 5.73 Å². The Balaban J connectivity index is 2.79. The van der Waals surface area contributed by atoms with Gasteiger partial charge in [-0.15, -0.1) is 0 Å². The van der Waals surface area contributed by atoms with E-state index < -0.39 is 15.7 Å². The standard InChI is InChI=1S/C10H13N3O3S/c1-2-5-17(15,16)13-9-4-3-7(11)6-8(9)12-10(13)14/h3-4,6H,2,5,11H2,1H3,(H,12,14). The van der Waals surface area contributed by atoms with E-state index >= 15 is 0 Å². The number of nitrogen functional groups attached to an aromatic ring is 1. The molecule has 2 aromatic rings. The van der Waals surface area contributed by atoms with Crippen molar-refractivity contribution < 1.29 is 8.42 Å². The van der Waals surface area contributed by atoms with E-state index in [1.54, 1.807) is 13.0 Å². The second-order valence-corrected chi connectivity index (χ2v) is 5.72. The van der Waals surface area contributed by atoms with Gasteiger partial charge in [0.15, 0.2) is 0 Å². The first kappa shape index (κ1) is 11.7. The Hall–Kier alpha value is -1.76. The zero-order valence-corrected chi connectivity index (χ0v) is 10.1. The van der Waals surface area contributed by atoms with Crippen LogP contribution < -0.4 is 11.4 Å². The summed E-state index contributed by atoms with van der Waals surface area (Å²) in [6.07, 6.45) is 0.455. The average molecular weight is 255 g/mol. The molecule has 0 aliphatic carbocycles. The molecule has 0 spiro atoms. The maximum absolute atomic E-state index is 11.9. The average Bonchev–Trinajstić information content (AvgIpc) is 2.53. The lowest BCUT2D eigenvalue weighted by Gasteiger charge is -2.03. The number of nitrogens with zero attached hydrogens (tertiary/aromatic N) is 1. The maximum Gasteiger partial charge on any atom is 0.340 e. The molecule has 0 atom stereocenters. The molecule has 2 rings (SSSR count). The van der Waals surface area contributed by atoms with Crippen LogP contribution in [0, 0.1) is 0 Å². The van der Waals surface area contributed by atoms with Crippen molar-refractivity contribution in [2.24, 2.45) is 0 Å². The second-order valence-electron chi connectivity index (χ2n) is 3.79. The summed E-state index contributed by atoms with van der Waals surface area (Å²) < 4.78 is 24.6. The third-order valence-electron chi connectivity index (χ3n) is 2.41. The largest absolute Gasteiger partial charge is 0.399 e. The van der Waals surface area contributed by atoms with Crippen molar-refractivity contribution in [3.8, 4) is 0 Å². The van der Waals surface area contributed by atoms with Crippen molar-refractivity contribution in [3.63, 3.8) is 0 Å². The van der Waals surface area contributed by atoms with Crippen LogP contribution in [0.4, 0.5) is 5.69 Å².